The van der Waals surface area contributed by atoms with Gasteiger partial charge in [0, 0.05) is 16.7 Å². The zero-order valence-corrected chi connectivity index (χ0v) is 19.6. The Bertz CT molecular complexity index is 1170. The molecule has 0 aliphatic heterocycles. The summed E-state index contributed by atoms with van der Waals surface area (Å²) in [4.78, 5) is 5.54. The van der Waals surface area contributed by atoms with E-state index >= 15 is 0 Å². The molecule has 0 aliphatic carbocycles. The lowest BCUT2D eigenvalue weighted by molar-refractivity contribution is 0.324. The van der Waals surface area contributed by atoms with Crippen LogP contribution in [0.1, 0.15) is 16.7 Å². The van der Waals surface area contributed by atoms with Gasteiger partial charge in [-0.2, -0.15) is 5.26 Å². The van der Waals surface area contributed by atoms with Crippen LogP contribution >= 0.6 is 11.3 Å². The van der Waals surface area contributed by atoms with Crippen molar-refractivity contribution < 1.29 is 23.7 Å². The number of aliphatic imine (C=N–C) groups is 1. The molecule has 0 saturated carbocycles. The highest BCUT2D eigenvalue weighted by Crippen LogP contribution is 2.43. The standard InChI is InChI=1S/C24H24N2O5S/c1-14-17(12-25)24(32-23(14)16-7-8-18(27-2)19(11-16)28-3)26-13-15-9-20(29-4)22(31-6)21(10-15)30-5/h7-11,13H,1-6H3/b26-13+. The van der Waals surface area contributed by atoms with E-state index in [2.05, 4.69) is 11.1 Å². The van der Waals surface area contributed by atoms with Gasteiger partial charge in [-0.3, -0.25) is 0 Å². The van der Waals surface area contributed by atoms with E-state index in [1.165, 1.54) is 11.3 Å². The van der Waals surface area contributed by atoms with Gasteiger partial charge in [-0.15, -0.1) is 11.3 Å². The molecule has 0 spiro atoms. The first-order valence-electron chi connectivity index (χ1n) is 9.61. The highest BCUT2D eigenvalue weighted by molar-refractivity contribution is 7.19. The van der Waals surface area contributed by atoms with Gasteiger partial charge in [0.1, 0.15) is 11.1 Å². The van der Waals surface area contributed by atoms with Gasteiger partial charge in [-0.1, -0.05) is 0 Å². The third kappa shape index (κ3) is 4.34. The lowest BCUT2D eigenvalue weighted by atomic mass is 10.1. The van der Waals surface area contributed by atoms with Crippen molar-refractivity contribution in [2.75, 3.05) is 35.5 Å². The number of ether oxygens (including phenoxy) is 5. The van der Waals surface area contributed by atoms with E-state index in [-0.39, 0.29) is 0 Å². The van der Waals surface area contributed by atoms with Crippen LogP contribution in [0.4, 0.5) is 5.00 Å². The third-order valence-corrected chi connectivity index (χ3v) is 6.15. The van der Waals surface area contributed by atoms with Gasteiger partial charge in [0.2, 0.25) is 5.75 Å². The quantitative estimate of drug-likeness (QED) is 0.426. The van der Waals surface area contributed by atoms with Crippen molar-refractivity contribution in [2.45, 2.75) is 6.92 Å². The highest BCUT2D eigenvalue weighted by Gasteiger charge is 2.18. The number of nitriles is 1. The largest absolute Gasteiger partial charge is 0.493 e. The van der Waals surface area contributed by atoms with Crippen molar-refractivity contribution in [1.29, 1.82) is 5.26 Å². The summed E-state index contributed by atoms with van der Waals surface area (Å²) in [5.74, 6) is 2.84. The highest BCUT2D eigenvalue weighted by atomic mass is 32.1. The molecule has 0 amide bonds. The summed E-state index contributed by atoms with van der Waals surface area (Å²) in [6, 6.07) is 11.6. The number of hydrogen-bond acceptors (Lipinski definition) is 8. The predicted octanol–water partition coefficient (Wildman–Crippen LogP) is 5.39. The van der Waals surface area contributed by atoms with E-state index in [0.717, 1.165) is 21.6 Å². The Kier molecular flexibility index (Phi) is 7.23. The molecule has 32 heavy (non-hydrogen) atoms. The topological polar surface area (TPSA) is 82.3 Å². The first-order chi connectivity index (χ1) is 15.5. The lowest BCUT2D eigenvalue weighted by Gasteiger charge is -2.12. The molecule has 1 heterocycles. The fourth-order valence-electron chi connectivity index (χ4n) is 3.28. The number of nitrogens with zero attached hydrogens (tertiary/aromatic N) is 2. The van der Waals surface area contributed by atoms with Crippen LogP contribution in [-0.4, -0.2) is 41.8 Å². The molecule has 0 bridgehead atoms. The molecule has 8 heteroatoms. The van der Waals surface area contributed by atoms with E-state index < -0.39 is 0 Å². The maximum Gasteiger partial charge on any atom is 0.203 e. The van der Waals surface area contributed by atoms with E-state index in [4.69, 9.17) is 23.7 Å². The van der Waals surface area contributed by atoms with Gasteiger partial charge in [0.15, 0.2) is 23.0 Å². The minimum Gasteiger partial charge on any atom is -0.493 e. The molecular formula is C24H24N2O5S. The first kappa shape index (κ1) is 23.0. The second-order valence-corrected chi connectivity index (χ2v) is 7.63. The van der Waals surface area contributed by atoms with Gasteiger partial charge < -0.3 is 23.7 Å². The van der Waals surface area contributed by atoms with Gasteiger partial charge >= 0.3 is 0 Å². The molecule has 0 fully saturated rings. The Labute approximate surface area is 191 Å². The molecule has 1 aromatic heterocycles. The van der Waals surface area contributed by atoms with E-state index in [9.17, 15) is 5.26 Å². The van der Waals surface area contributed by atoms with Crippen molar-refractivity contribution >= 4 is 22.6 Å². The van der Waals surface area contributed by atoms with Crippen LogP contribution in [0.3, 0.4) is 0 Å². The normalized spacial score (nSPS) is 10.7. The van der Waals surface area contributed by atoms with Crippen LogP contribution in [0.25, 0.3) is 10.4 Å². The second-order valence-electron chi connectivity index (χ2n) is 6.63. The number of methoxy groups -OCH3 is 5. The molecule has 3 aromatic rings. The fraction of sp³-hybridized carbons (Fsp3) is 0.250. The van der Waals surface area contributed by atoms with Crippen molar-refractivity contribution in [1.82, 2.24) is 0 Å². The summed E-state index contributed by atoms with van der Waals surface area (Å²) in [6.45, 7) is 1.92. The number of thiophene rings is 1. The minimum absolute atomic E-state index is 0.507. The number of rotatable bonds is 8. The van der Waals surface area contributed by atoms with Crippen LogP contribution in [0.5, 0.6) is 28.7 Å². The fourth-order valence-corrected chi connectivity index (χ4v) is 4.38. The lowest BCUT2D eigenvalue weighted by Crippen LogP contribution is -1.96. The minimum atomic E-state index is 0.507. The SMILES string of the molecule is COc1ccc(-c2sc(/N=C/c3cc(OC)c(OC)c(OC)c3)c(C#N)c2C)cc1OC. The number of benzene rings is 2. The van der Waals surface area contributed by atoms with Crippen LogP contribution < -0.4 is 23.7 Å². The van der Waals surface area contributed by atoms with Crippen LogP contribution in [0.15, 0.2) is 35.3 Å². The molecule has 0 unspecified atom stereocenters. The van der Waals surface area contributed by atoms with Crippen LogP contribution in [0.2, 0.25) is 0 Å². The molecule has 0 aliphatic rings. The molecular weight excluding hydrogens is 428 g/mol. The maximum absolute atomic E-state index is 9.75. The monoisotopic (exact) mass is 452 g/mol. The Morgan fingerprint density at radius 1 is 0.844 bits per heavy atom. The van der Waals surface area contributed by atoms with Crippen molar-refractivity contribution in [3.8, 4) is 45.3 Å². The molecule has 0 radical (unpaired) electrons. The summed E-state index contributed by atoms with van der Waals surface area (Å²) >= 11 is 1.44. The van der Waals surface area contributed by atoms with Gasteiger partial charge in [-0.25, -0.2) is 4.99 Å². The summed E-state index contributed by atoms with van der Waals surface area (Å²) in [5, 5.41) is 10.4. The Morgan fingerprint density at radius 2 is 1.47 bits per heavy atom. The van der Waals surface area contributed by atoms with Crippen molar-refractivity contribution in [2.24, 2.45) is 4.99 Å². The number of hydrogen-bond donors (Lipinski definition) is 0. The van der Waals surface area contributed by atoms with Gasteiger partial charge in [0.25, 0.3) is 0 Å². The van der Waals surface area contributed by atoms with Gasteiger partial charge in [0.05, 0.1) is 41.1 Å². The third-order valence-electron chi connectivity index (χ3n) is 4.90. The van der Waals surface area contributed by atoms with E-state index in [0.29, 0.717) is 39.3 Å². The Balaban J connectivity index is 2.04. The summed E-state index contributed by atoms with van der Waals surface area (Å²) in [5.41, 5.74) is 3.07. The average molecular weight is 453 g/mol. The average Bonchev–Trinajstić information content (AvgIpc) is 3.16. The summed E-state index contributed by atoms with van der Waals surface area (Å²) in [6.07, 6.45) is 1.68. The van der Waals surface area contributed by atoms with E-state index in [1.54, 1.807) is 53.9 Å². The smallest absolute Gasteiger partial charge is 0.203 e. The zero-order chi connectivity index (χ0) is 23.3. The molecule has 0 atom stereocenters. The first-order valence-corrected chi connectivity index (χ1v) is 10.4. The van der Waals surface area contributed by atoms with Crippen LogP contribution in [-0.2, 0) is 0 Å². The van der Waals surface area contributed by atoms with Crippen molar-refractivity contribution in [3.63, 3.8) is 0 Å². The van der Waals surface area contributed by atoms with E-state index in [1.807, 2.05) is 25.1 Å². The summed E-state index contributed by atoms with van der Waals surface area (Å²) < 4.78 is 26.9. The predicted molar refractivity (Wildman–Crippen MR) is 126 cm³/mol. The molecule has 2 aromatic carbocycles. The second kappa shape index (κ2) is 10.1. The molecule has 0 N–H and O–H groups in total. The van der Waals surface area contributed by atoms with Crippen molar-refractivity contribution in [3.05, 3.63) is 47.0 Å². The molecule has 0 saturated heterocycles. The Morgan fingerprint density at radius 3 is 2.00 bits per heavy atom. The van der Waals surface area contributed by atoms with Crippen LogP contribution in [0, 0.1) is 18.3 Å². The molecule has 3 rings (SSSR count). The zero-order valence-electron chi connectivity index (χ0n) is 18.8. The molecule has 166 valence electrons. The maximum atomic E-state index is 9.75. The molecule has 7 nitrogen and oxygen atoms in total. The Hall–Kier alpha value is -3.70. The summed E-state index contributed by atoms with van der Waals surface area (Å²) in [7, 11) is 7.86. The van der Waals surface area contributed by atoms with Gasteiger partial charge in [-0.05, 0) is 48.4 Å².